The highest BCUT2D eigenvalue weighted by Gasteiger charge is 2.37. The van der Waals surface area contributed by atoms with Gasteiger partial charge < -0.3 is 19.5 Å². The van der Waals surface area contributed by atoms with E-state index in [4.69, 9.17) is 9.47 Å². The van der Waals surface area contributed by atoms with Gasteiger partial charge in [0, 0.05) is 5.69 Å². The monoisotopic (exact) mass is 669 g/mol. The SMILES string of the molecule is COC(=O)c1ccc(N2C(=O)NC(=O)/C(=C/c3cc(I)c(OCC(=O)Nc4ccccc4C)c(OC)c3)C2=O)cc1. The molecule has 1 aliphatic rings. The summed E-state index contributed by atoms with van der Waals surface area (Å²) in [5, 5.41) is 4.95. The van der Waals surface area contributed by atoms with Gasteiger partial charge in [-0.3, -0.25) is 19.7 Å². The first kappa shape index (κ1) is 29.3. The number of imide groups is 2. The average molecular weight is 669 g/mol. The highest BCUT2D eigenvalue weighted by atomic mass is 127. The fourth-order valence-corrected chi connectivity index (χ4v) is 4.70. The number of anilines is 2. The molecule has 0 bridgehead atoms. The third kappa shape index (κ3) is 6.54. The molecule has 11 nitrogen and oxygen atoms in total. The lowest BCUT2D eigenvalue weighted by molar-refractivity contribution is -0.122. The van der Waals surface area contributed by atoms with Crippen LogP contribution in [0.1, 0.15) is 21.5 Å². The van der Waals surface area contributed by atoms with Crippen molar-refractivity contribution < 1.29 is 38.2 Å². The van der Waals surface area contributed by atoms with Crippen LogP contribution >= 0.6 is 22.6 Å². The minimum absolute atomic E-state index is 0.151. The van der Waals surface area contributed by atoms with Gasteiger partial charge >= 0.3 is 12.0 Å². The Bertz CT molecular complexity index is 1580. The Morgan fingerprint density at radius 2 is 1.73 bits per heavy atom. The van der Waals surface area contributed by atoms with Crippen LogP contribution in [0.25, 0.3) is 6.08 Å². The van der Waals surface area contributed by atoms with Crippen molar-refractivity contribution >= 4 is 69.8 Å². The van der Waals surface area contributed by atoms with Gasteiger partial charge in [0.05, 0.1) is 29.0 Å². The van der Waals surface area contributed by atoms with Gasteiger partial charge in [-0.25, -0.2) is 14.5 Å². The Morgan fingerprint density at radius 3 is 2.39 bits per heavy atom. The standard InChI is InChI=1S/C29H24IN3O8/c1-16-6-4-5-7-22(16)31-24(34)15-41-25-21(30)13-17(14-23(25)39-2)12-20-26(35)32-29(38)33(27(20)36)19-10-8-18(9-11-19)28(37)40-3/h4-14H,15H2,1-3H3,(H,31,34)(H,32,35,38)/b20-12-. The lowest BCUT2D eigenvalue weighted by Gasteiger charge is -2.26. The molecule has 1 saturated heterocycles. The summed E-state index contributed by atoms with van der Waals surface area (Å²) < 4.78 is 16.4. The molecule has 3 aromatic rings. The van der Waals surface area contributed by atoms with E-state index in [9.17, 15) is 24.0 Å². The summed E-state index contributed by atoms with van der Waals surface area (Å²) >= 11 is 1.99. The number of benzene rings is 3. The second kappa shape index (κ2) is 12.6. The van der Waals surface area contributed by atoms with E-state index in [2.05, 4.69) is 15.4 Å². The van der Waals surface area contributed by atoms with Crippen LogP contribution in [0.4, 0.5) is 16.2 Å². The Balaban J connectivity index is 1.56. The number of hydrogen-bond acceptors (Lipinski definition) is 8. The summed E-state index contributed by atoms with van der Waals surface area (Å²) in [5.74, 6) is -2.10. The number of carbonyl (C=O) groups excluding carboxylic acids is 5. The number of para-hydroxylation sites is 1. The van der Waals surface area contributed by atoms with Crippen LogP contribution in [0.5, 0.6) is 11.5 Å². The normalized spacial score (nSPS) is 14.0. The molecule has 1 aliphatic heterocycles. The highest BCUT2D eigenvalue weighted by molar-refractivity contribution is 14.1. The molecule has 210 valence electrons. The number of ether oxygens (including phenoxy) is 3. The molecule has 0 aliphatic carbocycles. The average Bonchev–Trinajstić information content (AvgIpc) is 2.95. The molecule has 0 atom stereocenters. The van der Waals surface area contributed by atoms with Crippen LogP contribution in [0.15, 0.2) is 66.2 Å². The van der Waals surface area contributed by atoms with Crippen molar-refractivity contribution in [2.24, 2.45) is 0 Å². The summed E-state index contributed by atoms with van der Waals surface area (Å²) in [7, 11) is 2.65. The number of halogens is 1. The fraction of sp³-hybridized carbons (Fsp3) is 0.138. The number of nitrogens with zero attached hydrogens (tertiary/aromatic N) is 1. The number of carbonyl (C=O) groups is 5. The van der Waals surface area contributed by atoms with Crippen LogP contribution in [-0.2, 0) is 19.1 Å². The first-order chi connectivity index (χ1) is 19.6. The quantitative estimate of drug-likeness (QED) is 0.158. The first-order valence-electron chi connectivity index (χ1n) is 12.1. The molecule has 0 spiro atoms. The van der Waals surface area contributed by atoms with Gasteiger partial charge in [0.25, 0.3) is 17.7 Å². The summed E-state index contributed by atoms with van der Waals surface area (Å²) in [6.07, 6.45) is 1.32. The largest absolute Gasteiger partial charge is 0.493 e. The number of esters is 1. The molecule has 4 rings (SSSR count). The van der Waals surface area contributed by atoms with Gasteiger partial charge in [0.2, 0.25) is 0 Å². The van der Waals surface area contributed by atoms with Gasteiger partial charge in [-0.05, 0) is 89.2 Å². The number of methoxy groups -OCH3 is 2. The maximum Gasteiger partial charge on any atom is 0.337 e. The van der Waals surface area contributed by atoms with Crippen molar-refractivity contribution in [1.82, 2.24) is 5.32 Å². The van der Waals surface area contributed by atoms with Crippen LogP contribution in [0.2, 0.25) is 0 Å². The molecule has 2 N–H and O–H groups in total. The number of rotatable bonds is 8. The second-order valence-corrected chi connectivity index (χ2v) is 9.84. The molecule has 0 aromatic heterocycles. The number of nitrogens with one attached hydrogen (secondary N) is 2. The third-order valence-electron chi connectivity index (χ3n) is 5.98. The number of barbiturate groups is 1. The Hall–Kier alpha value is -4.72. The van der Waals surface area contributed by atoms with E-state index in [1.807, 2.05) is 47.7 Å². The van der Waals surface area contributed by atoms with E-state index >= 15 is 0 Å². The molecule has 0 saturated carbocycles. The lowest BCUT2D eigenvalue weighted by atomic mass is 10.1. The zero-order valence-corrected chi connectivity index (χ0v) is 24.3. The van der Waals surface area contributed by atoms with Crippen molar-refractivity contribution in [2.45, 2.75) is 6.92 Å². The number of aryl methyl sites for hydroxylation is 1. The summed E-state index contributed by atoms with van der Waals surface area (Å²) in [6, 6.07) is 15.2. The zero-order valence-electron chi connectivity index (χ0n) is 22.1. The minimum Gasteiger partial charge on any atom is -0.493 e. The van der Waals surface area contributed by atoms with Crippen molar-refractivity contribution in [3.05, 3.63) is 86.5 Å². The van der Waals surface area contributed by atoms with E-state index in [1.54, 1.807) is 12.1 Å². The van der Waals surface area contributed by atoms with Gasteiger partial charge in [0.15, 0.2) is 18.1 Å². The van der Waals surface area contributed by atoms with Gasteiger partial charge in [-0.15, -0.1) is 0 Å². The third-order valence-corrected chi connectivity index (χ3v) is 6.78. The summed E-state index contributed by atoms with van der Waals surface area (Å²) in [6.45, 7) is 1.59. The van der Waals surface area contributed by atoms with Gasteiger partial charge in [-0.1, -0.05) is 18.2 Å². The van der Waals surface area contributed by atoms with E-state index in [1.165, 1.54) is 50.6 Å². The van der Waals surface area contributed by atoms with Crippen LogP contribution in [0.3, 0.4) is 0 Å². The second-order valence-electron chi connectivity index (χ2n) is 8.68. The van der Waals surface area contributed by atoms with E-state index in [-0.39, 0.29) is 35.1 Å². The molecule has 41 heavy (non-hydrogen) atoms. The van der Waals surface area contributed by atoms with Crippen molar-refractivity contribution in [1.29, 1.82) is 0 Å². The molecule has 0 unspecified atom stereocenters. The van der Waals surface area contributed by atoms with Crippen LogP contribution in [0, 0.1) is 10.5 Å². The molecule has 12 heteroatoms. The molecule has 1 fully saturated rings. The Labute approximate surface area is 248 Å². The predicted molar refractivity (Wildman–Crippen MR) is 158 cm³/mol. The first-order valence-corrected chi connectivity index (χ1v) is 13.2. The van der Waals surface area contributed by atoms with Crippen LogP contribution < -0.4 is 25.0 Å². The summed E-state index contributed by atoms with van der Waals surface area (Å²) in [4.78, 5) is 63.4. The molecule has 3 aromatic carbocycles. The van der Waals surface area contributed by atoms with E-state index < -0.39 is 23.8 Å². The molecule has 0 radical (unpaired) electrons. The lowest BCUT2D eigenvalue weighted by Crippen LogP contribution is -2.54. The van der Waals surface area contributed by atoms with Crippen molar-refractivity contribution in [3.63, 3.8) is 0 Å². The van der Waals surface area contributed by atoms with Crippen LogP contribution in [-0.4, -0.2) is 50.5 Å². The number of urea groups is 1. The summed E-state index contributed by atoms with van der Waals surface area (Å²) in [5.41, 5.74) is 2.07. The minimum atomic E-state index is -0.928. The maximum atomic E-state index is 13.3. The van der Waals surface area contributed by atoms with E-state index in [0.717, 1.165) is 10.5 Å². The van der Waals surface area contributed by atoms with E-state index in [0.29, 0.717) is 20.6 Å². The predicted octanol–water partition coefficient (Wildman–Crippen LogP) is 4.08. The highest BCUT2D eigenvalue weighted by Crippen LogP contribution is 2.35. The number of amides is 5. The van der Waals surface area contributed by atoms with Crippen molar-refractivity contribution in [3.8, 4) is 11.5 Å². The topological polar surface area (TPSA) is 140 Å². The Morgan fingerprint density at radius 1 is 1.02 bits per heavy atom. The van der Waals surface area contributed by atoms with Gasteiger partial charge in [-0.2, -0.15) is 0 Å². The molecular weight excluding hydrogens is 645 g/mol. The van der Waals surface area contributed by atoms with Crippen molar-refractivity contribution in [2.75, 3.05) is 31.0 Å². The van der Waals surface area contributed by atoms with Gasteiger partial charge in [0.1, 0.15) is 5.57 Å². The Kier molecular flexibility index (Phi) is 9.02. The zero-order chi connectivity index (χ0) is 29.7. The fourth-order valence-electron chi connectivity index (χ4n) is 3.92. The molecular formula is C29H24IN3O8. The molecule has 1 heterocycles. The number of hydrogen-bond donors (Lipinski definition) is 2. The maximum absolute atomic E-state index is 13.3. The smallest absolute Gasteiger partial charge is 0.337 e. The molecule has 5 amide bonds.